The van der Waals surface area contributed by atoms with Gasteiger partial charge in [0, 0.05) is 30.9 Å². The number of carbonyl (C=O) groups is 2. The Labute approximate surface area is 170 Å². The maximum atomic E-state index is 12.8. The molecule has 1 saturated heterocycles. The first-order valence-electron chi connectivity index (χ1n) is 9.90. The number of nitrogens with zero attached hydrogens (tertiary/aromatic N) is 3. The molecule has 0 unspecified atom stereocenters. The first-order valence-corrected chi connectivity index (χ1v) is 9.90. The summed E-state index contributed by atoms with van der Waals surface area (Å²) in [4.78, 5) is 27.1. The molecular weight excluding hydrogens is 364 g/mol. The summed E-state index contributed by atoms with van der Waals surface area (Å²) in [6.45, 7) is 1.79. The number of nitrogens with one attached hydrogen (secondary N) is 1. The second-order valence-electron chi connectivity index (χ2n) is 7.33. The molecule has 1 aliphatic heterocycles. The van der Waals surface area contributed by atoms with Crippen LogP contribution in [0.3, 0.4) is 0 Å². The Kier molecular flexibility index (Phi) is 5.70. The normalized spacial score (nSPS) is 14.6. The second kappa shape index (κ2) is 8.73. The van der Waals surface area contributed by atoms with E-state index in [0.717, 1.165) is 11.3 Å². The van der Waals surface area contributed by atoms with Crippen LogP contribution in [0.4, 0.5) is 5.69 Å². The van der Waals surface area contributed by atoms with Gasteiger partial charge in [-0.15, -0.1) is 0 Å². The topological polar surface area (TPSA) is 67.2 Å². The molecule has 0 aliphatic carbocycles. The predicted octanol–water partition coefficient (Wildman–Crippen LogP) is 3.42. The summed E-state index contributed by atoms with van der Waals surface area (Å²) in [6.07, 6.45) is 4.76. The van der Waals surface area contributed by atoms with E-state index in [1.165, 1.54) is 0 Å². The number of rotatable bonds is 5. The molecule has 0 saturated carbocycles. The van der Waals surface area contributed by atoms with Gasteiger partial charge >= 0.3 is 0 Å². The van der Waals surface area contributed by atoms with Gasteiger partial charge in [-0.1, -0.05) is 48.5 Å². The van der Waals surface area contributed by atoms with Crippen molar-refractivity contribution in [1.82, 2.24) is 14.7 Å². The van der Waals surface area contributed by atoms with E-state index in [9.17, 15) is 9.59 Å². The number of amides is 2. The quantitative estimate of drug-likeness (QED) is 0.728. The molecule has 0 atom stereocenters. The van der Waals surface area contributed by atoms with Crippen LogP contribution in [0.2, 0.25) is 0 Å². The highest BCUT2D eigenvalue weighted by molar-refractivity contribution is 5.95. The third-order valence-corrected chi connectivity index (χ3v) is 5.26. The van der Waals surface area contributed by atoms with Gasteiger partial charge in [-0.3, -0.25) is 14.3 Å². The Balaban J connectivity index is 1.30. The third kappa shape index (κ3) is 4.71. The third-order valence-electron chi connectivity index (χ3n) is 5.26. The van der Waals surface area contributed by atoms with E-state index in [-0.39, 0.29) is 17.7 Å². The molecule has 29 heavy (non-hydrogen) atoms. The lowest BCUT2D eigenvalue weighted by molar-refractivity contribution is -0.121. The van der Waals surface area contributed by atoms with Crippen molar-refractivity contribution in [3.05, 3.63) is 84.2 Å². The molecule has 4 rings (SSSR count). The molecule has 1 aliphatic rings. The zero-order valence-electron chi connectivity index (χ0n) is 16.2. The zero-order chi connectivity index (χ0) is 20.1. The average Bonchev–Trinajstić information content (AvgIpc) is 3.23. The minimum Gasteiger partial charge on any atom is -0.339 e. The van der Waals surface area contributed by atoms with E-state index in [2.05, 4.69) is 10.4 Å². The number of hydrogen-bond donors (Lipinski definition) is 1. The number of benzene rings is 2. The van der Waals surface area contributed by atoms with Crippen LogP contribution in [-0.4, -0.2) is 39.6 Å². The number of aromatic nitrogens is 2. The molecule has 6 nitrogen and oxygen atoms in total. The van der Waals surface area contributed by atoms with Gasteiger partial charge in [0.1, 0.15) is 0 Å². The lowest BCUT2D eigenvalue weighted by atomic mass is 9.95. The van der Waals surface area contributed by atoms with E-state index < -0.39 is 0 Å². The van der Waals surface area contributed by atoms with Crippen LogP contribution < -0.4 is 5.32 Å². The van der Waals surface area contributed by atoms with Gasteiger partial charge in [-0.05, 0) is 30.5 Å². The molecular formula is C23H24N4O2. The fourth-order valence-corrected chi connectivity index (χ4v) is 3.62. The van der Waals surface area contributed by atoms with Gasteiger partial charge in [0.25, 0.3) is 5.91 Å². The van der Waals surface area contributed by atoms with Crippen LogP contribution in [0.1, 0.15) is 28.8 Å². The Bertz CT molecular complexity index is 961. The van der Waals surface area contributed by atoms with Crippen LogP contribution >= 0.6 is 0 Å². The summed E-state index contributed by atoms with van der Waals surface area (Å²) in [5.74, 6) is -0.0646. The molecule has 2 amide bonds. The van der Waals surface area contributed by atoms with Crippen LogP contribution in [0.25, 0.3) is 0 Å². The van der Waals surface area contributed by atoms with Gasteiger partial charge in [0.2, 0.25) is 5.91 Å². The molecule has 1 aromatic heterocycles. The van der Waals surface area contributed by atoms with Crippen LogP contribution in [0.5, 0.6) is 0 Å². The molecule has 1 N–H and O–H groups in total. The number of hydrogen-bond acceptors (Lipinski definition) is 3. The van der Waals surface area contributed by atoms with E-state index in [4.69, 9.17) is 0 Å². The minimum atomic E-state index is -0.0694. The van der Waals surface area contributed by atoms with Gasteiger partial charge in [0.15, 0.2) is 0 Å². The minimum absolute atomic E-state index is 0.0220. The molecule has 3 aromatic rings. The van der Waals surface area contributed by atoms with Crippen molar-refractivity contribution in [2.24, 2.45) is 5.92 Å². The number of para-hydroxylation sites is 1. The van der Waals surface area contributed by atoms with Crippen LogP contribution in [-0.2, 0) is 11.3 Å². The molecule has 6 heteroatoms. The van der Waals surface area contributed by atoms with Crippen molar-refractivity contribution in [2.45, 2.75) is 19.4 Å². The monoisotopic (exact) mass is 388 g/mol. The number of likely N-dealkylation sites (tertiary alicyclic amines) is 1. The van der Waals surface area contributed by atoms with Crippen LogP contribution in [0, 0.1) is 5.92 Å². The molecule has 2 aromatic carbocycles. The van der Waals surface area contributed by atoms with Crippen molar-refractivity contribution in [3.8, 4) is 0 Å². The summed E-state index contributed by atoms with van der Waals surface area (Å²) in [5.41, 5.74) is 2.54. The molecule has 0 spiro atoms. The zero-order valence-corrected chi connectivity index (χ0v) is 16.2. The Morgan fingerprint density at radius 1 is 0.966 bits per heavy atom. The number of piperidine rings is 1. The van der Waals surface area contributed by atoms with E-state index in [1.54, 1.807) is 17.1 Å². The fraction of sp³-hybridized carbons (Fsp3) is 0.261. The highest BCUT2D eigenvalue weighted by Gasteiger charge is 2.28. The molecule has 0 bridgehead atoms. The predicted molar refractivity (Wildman–Crippen MR) is 111 cm³/mol. The lowest BCUT2D eigenvalue weighted by Gasteiger charge is -2.31. The Morgan fingerprint density at radius 2 is 1.62 bits per heavy atom. The highest BCUT2D eigenvalue weighted by atomic mass is 16.2. The van der Waals surface area contributed by atoms with Gasteiger partial charge < -0.3 is 10.2 Å². The lowest BCUT2D eigenvalue weighted by Crippen LogP contribution is -2.41. The first-order chi connectivity index (χ1) is 14.2. The summed E-state index contributed by atoms with van der Waals surface area (Å²) in [5, 5.41) is 7.28. The van der Waals surface area contributed by atoms with E-state index in [0.29, 0.717) is 38.0 Å². The second-order valence-corrected chi connectivity index (χ2v) is 7.33. The van der Waals surface area contributed by atoms with E-state index >= 15 is 0 Å². The van der Waals surface area contributed by atoms with Gasteiger partial charge in [-0.2, -0.15) is 5.10 Å². The van der Waals surface area contributed by atoms with E-state index in [1.807, 2.05) is 65.6 Å². The number of anilines is 1. The average molecular weight is 388 g/mol. The highest BCUT2D eigenvalue weighted by Crippen LogP contribution is 2.21. The van der Waals surface area contributed by atoms with Crippen molar-refractivity contribution < 1.29 is 9.59 Å². The molecule has 1 fully saturated rings. The van der Waals surface area contributed by atoms with Crippen molar-refractivity contribution in [1.29, 1.82) is 0 Å². The largest absolute Gasteiger partial charge is 0.339 e. The SMILES string of the molecule is O=C(Nc1ccccc1)C1CCN(C(=O)c2cnn(Cc3ccccc3)c2)CC1. The van der Waals surface area contributed by atoms with Gasteiger partial charge in [0.05, 0.1) is 18.3 Å². The fourth-order valence-electron chi connectivity index (χ4n) is 3.62. The molecule has 2 heterocycles. The standard InChI is InChI=1S/C23H24N4O2/c28-22(25-21-9-5-2-6-10-21)19-11-13-26(14-12-19)23(29)20-15-24-27(17-20)16-18-7-3-1-4-8-18/h1-10,15,17,19H,11-14,16H2,(H,25,28). The number of carbonyl (C=O) groups excluding carboxylic acids is 2. The first kappa shape index (κ1) is 18.9. The molecule has 0 radical (unpaired) electrons. The molecule has 148 valence electrons. The summed E-state index contributed by atoms with van der Waals surface area (Å²) >= 11 is 0. The summed E-state index contributed by atoms with van der Waals surface area (Å²) < 4.78 is 1.78. The Morgan fingerprint density at radius 3 is 2.31 bits per heavy atom. The summed E-state index contributed by atoms with van der Waals surface area (Å²) in [7, 11) is 0. The van der Waals surface area contributed by atoms with Crippen LogP contribution in [0.15, 0.2) is 73.1 Å². The summed E-state index contributed by atoms with van der Waals surface area (Å²) in [6, 6.07) is 19.5. The van der Waals surface area contributed by atoms with Crippen molar-refractivity contribution in [3.63, 3.8) is 0 Å². The van der Waals surface area contributed by atoms with Gasteiger partial charge in [-0.25, -0.2) is 0 Å². The van der Waals surface area contributed by atoms with Crippen molar-refractivity contribution in [2.75, 3.05) is 18.4 Å². The Hall–Kier alpha value is -3.41. The maximum absolute atomic E-state index is 12.8. The van der Waals surface area contributed by atoms with Crippen molar-refractivity contribution >= 4 is 17.5 Å². The maximum Gasteiger partial charge on any atom is 0.257 e. The smallest absolute Gasteiger partial charge is 0.257 e.